The van der Waals surface area contributed by atoms with E-state index in [1.165, 1.54) is 0 Å². The second-order valence-electron chi connectivity index (χ2n) is 3.74. The highest BCUT2D eigenvalue weighted by Crippen LogP contribution is 2.35. The first kappa shape index (κ1) is 8.02. The molecule has 1 saturated carbocycles. The predicted octanol–water partition coefficient (Wildman–Crippen LogP) is 1.83. The second-order valence-corrected chi connectivity index (χ2v) is 3.74. The van der Waals surface area contributed by atoms with E-state index in [-0.39, 0.29) is 12.1 Å². The highest BCUT2D eigenvalue weighted by atomic mass is 19.1. The lowest BCUT2D eigenvalue weighted by Crippen LogP contribution is -2.37. The van der Waals surface area contributed by atoms with Crippen molar-refractivity contribution < 1.29 is 13.9 Å². The Hall–Kier alpha value is -0.600. The average Bonchev–Trinajstić information content (AvgIpc) is 2.05. The molecule has 1 aliphatic carbocycles. The average molecular weight is 172 g/mol. The van der Waals surface area contributed by atoms with E-state index in [1.807, 2.05) is 0 Å². The molecule has 1 aliphatic heterocycles. The zero-order chi connectivity index (χ0) is 8.55. The third kappa shape index (κ3) is 1.45. The van der Waals surface area contributed by atoms with Gasteiger partial charge in [-0.3, -0.25) is 4.79 Å². The van der Waals surface area contributed by atoms with Gasteiger partial charge in [0.1, 0.15) is 12.3 Å². The Kier molecular flexibility index (Phi) is 2.03. The number of alkyl halides is 1. The standard InChI is InChI=1S/C9H13FO2/c10-7-2-3-8-6(5-7)1-4-9(11)12-8/h6-8H,1-5H2. The van der Waals surface area contributed by atoms with Gasteiger partial charge in [-0.2, -0.15) is 0 Å². The van der Waals surface area contributed by atoms with Crippen LogP contribution < -0.4 is 0 Å². The molecular formula is C9H13FO2. The molecule has 2 fully saturated rings. The number of ether oxygens (including phenoxy) is 1. The minimum Gasteiger partial charge on any atom is -0.462 e. The van der Waals surface area contributed by atoms with Gasteiger partial charge in [0, 0.05) is 6.42 Å². The highest BCUT2D eigenvalue weighted by Gasteiger charge is 2.36. The summed E-state index contributed by atoms with van der Waals surface area (Å²) >= 11 is 0. The summed E-state index contributed by atoms with van der Waals surface area (Å²) in [5.41, 5.74) is 0. The molecular weight excluding hydrogens is 159 g/mol. The summed E-state index contributed by atoms with van der Waals surface area (Å²) < 4.78 is 18.0. The van der Waals surface area contributed by atoms with Gasteiger partial charge in [0.2, 0.25) is 0 Å². The molecule has 68 valence electrons. The van der Waals surface area contributed by atoms with Crippen molar-refractivity contribution in [3.05, 3.63) is 0 Å². The van der Waals surface area contributed by atoms with Crippen LogP contribution in [0.15, 0.2) is 0 Å². The Balaban J connectivity index is 1.98. The number of hydrogen-bond donors (Lipinski definition) is 0. The Labute approximate surface area is 71.1 Å². The van der Waals surface area contributed by atoms with E-state index >= 15 is 0 Å². The topological polar surface area (TPSA) is 26.3 Å². The van der Waals surface area contributed by atoms with E-state index in [1.54, 1.807) is 0 Å². The van der Waals surface area contributed by atoms with E-state index in [0.717, 1.165) is 12.8 Å². The number of fused-ring (bicyclic) bond motifs is 1. The van der Waals surface area contributed by atoms with E-state index < -0.39 is 6.17 Å². The molecule has 0 radical (unpaired) electrons. The van der Waals surface area contributed by atoms with Crippen molar-refractivity contribution in [3.63, 3.8) is 0 Å². The van der Waals surface area contributed by atoms with Crippen LogP contribution in [-0.4, -0.2) is 18.2 Å². The van der Waals surface area contributed by atoms with Crippen molar-refractivity contribution in [2.45, 2.75) is 44.4 Å². The zero-order valence-corrected chi connectivity index (χ0v) is 6.96. The van der Waals surface area contributed by atoms with Crippen molar-refractivity contribution in [2.24, 2.45) is 5.92 Å². The molecule has 0 aromatic heterocycles. The first-order valence-corrected chi connectivity index (χ1v) is 4.59. The number of halogens is 1. The van der Waals surface area contributed by atoms with Crippen LogP contribution in [0.1, 0.15) is 32.1 Å². The van der Waals surface area contributed by atoms with Crippen LogP contribution in [-0.2, 0) is 9.53 Å². The Morgan fingerprint density at radius 3 is 3.00 bits per heavy atom. The summed E-state index contributed by atoms with van der Waals surface area (Å²) in [5.74, 6) is 0.194. The Morgan fingerprint density at radius 1 is 1.33 bits per heavy atom. The van der Waals surface area contributed by atoms with Gasteiger partial charge in [-0.1, -0.05) is 0 Å². The molecule has 0 amide bonds. The van der Waals surface area contributed by atoms with Gasteiger partial charge in [0.15, 0.2) is 0 Å². The molecule has 2 aliphatic rings. The lowest BCUT2D eigenvalue weighted by molar-refractivity contribution is -0.162. The maximum Gasteiger partial charge on any atom is 0.306 e. The molecule has 1 heterocycles. The molecule has 3 atom stereocenters. The highest BCUT2D eigenvalue weighted by molar-refractivity contribution is 5.70. The molecule has 0 aromatic carbocycles. The second kappa shape index (κ2) is 3.04. The maximum atomic E-state index is 12.9. The fourth-order valence-electron chi connectivity index (χ4n) is 2.17. The van der Waals surface area contributed by atoms with Crippen LogP contribution in [0.5, 0.6) is 0 Å². The molecule has 0 bridgehead atoms. The minimum atomic E-state index is -0.664. The summed E-state index contributed by atoms with van der Waals surface area (Å²) in [6.45, 7) is 0. The van der Waals surface area contributed by atoms with E-state index in [9.17, 15) is 9.18 Å². The molecule has 2 rings (SSSR count). The van der Waals surface area contributed by atoms with Crippen LogP contribution in [0.25, 0.3) is 0 Å². The number of hydrogen-bond acceptors (Lipinski definition) is 2. The maximum absolute atomic E-state index is 12.9. The number of rotatable bonds is 0. The first-order valence-electron chi connectivity index (χ1n) is 4.59. The van der Waals surface area contributed by atoms with Crippen LogP contribution >= 0.6 is 0 Å². The molecule has 3 unspecified atom stereocenters. The monoisotopic (exact) mass is 172 g/mol. The first-order chi connectivity index (χ1) is 5.75. The van der Waals surface area contributed by atoms with Gasteiger partial charge in [-0.25, -0.2) is 4.39 Å². The summed E-state index contributed by atoms with van der Waals surface area (Å²) in [6, 6.07) is 0. The number of carbonyl (C=O) groups is 1. The van der Waals surface area contributed by atoms with E-state index in [0.29, 0.717) is 25.2 Å². The Morgan fingerprint density at radius 2 is 2.17 bits per heavy atom. The fraction of sp³-hybridized carbons (Fsp3) is 0.889. The van der Waals surface area contributed by atoms with Gasteiger partial charge in [0.25, 0.3) is 0 Å². The van der Waals surface area contributed by atoms with Crippen LogP contribution in [0.4, 0.5) is 4.39 Å². The van der Waals surface area contributed by atoms with Crippen LogP contribution in [0, 0.1) is 5.92 Å². The fourth-order valence-corrected chi connectivity index (χ4v) is 2.17. The minimum absolute atomic E-state index is 0.0262. The number of esters is 1. The smallest absolute Gasteiger partial charge is 0.306 e. The summed E-state index contributed by atoms with van der Waals surface area (Å²) in [6.07, 6.45) is 2.54. The Bertz CT molecular complexity index is 193. The largest absolute Gasteiger partial charge is 0.462 e. The van der Waals surface area contributed by atoms with Crippen LogP contribution in [0.3, 0.4) is 0 Å². The third-order valence-electron chi connectivity index (χ3n) is 2.85. The lowest BCUT2D eigenvalue weighted by Gasteiger charge is -2.35. The molecule has 2 nitrogen and oxygen atoms in total. The van der Waals surface area contributed by atoms with Crippen LogP contribution in [0.2, 0.25) is 0 Å². The van der Waals surface area contributed by atoms with Gasteiger partial charge in [-0.15, -0.1) is 0 Å². The molecule has 3 heteroatoms. The van der Waals surface area contributed by atoms with Crippen molar-refractivity contribution in [1.29, 1.82) is 0 Å². The molecule has 12 heavy (non-hydrogen) atoms. The van der Waals surface area contributed by atoms with Gasteiger partial charge >= 0.3 is 5.97 Å². The van der Waals surface area contributed by atoms with E-state index in [2.05, 4.69) is 0 Å². The third-order valence-corrected chi connectivity index (χ3v) is 2.85. The quantitative estimate of drug-likeness (QED) is 0.521. The van der Waals surface area contributed by atoms with Crippen molar-refractivity contribution in [1.82, 2.24) is 0 Å². The molecule has 0 N–H and O–H groups in total. The van der Waals surface area contributed by atoms with Gasteiger partial charge < -0.3 is 4.74 Å². The molecule has 1 saturated heterocycles. The van der Waals surface area contributed by atoms with Gasteiger partial charge in [-0.05, 0) is 31.6 Å². The normalized spacial score (nSPS) is 41.8. The van der Waals surface area contributed by atoms with Crippen molar-refractivity contribution >= 4 is 5.97 Å². The van der Waals surface area contributed by atoms with Gasteiger partial charge in [0.05, 0.1) is 0 Å². The summed E-state index contributed by atoms with van der Waals surface area (Å²) in [5, 5.41) is 0. The summed E-state index contributed by atoms with van der Waals surface area (Å²) in [7, 11) is 0. The van der Waals surface area contributed by atoms with Crippen molar-refractivity contribution in [2.75, 3.05) is 0 Å². The SMILES string of the molecule is O=C1CCC2CC(F)CCC2O1. The molecule has 0 spiro atoms. The molecule has 0 aromatic rings. The zero-order valence-electron chi connectivity index (χ0n) is 6.96. The summed E-state index contributed by atoms with van der Waals surface area (Å²) in [4.78, 5) is 10.9. The number of carbonyl (C=O) groups excluding carboxylic acids is 1. The predicted molar refractivity (Wildman–Crippen MR) is 41.4 cm³/mol. The van der Waals surface area contributed by atoms with E-state index in [4.69, 9.17) is 4.74 Å². The lowest BCUT2D eigenvalue weighted by atomic mass is 9.81. The van der Waals surface area contributed by atoms with Crippen molar-refractivity contribution in [3.8, 4) is 0 Å².